The topological polar surface area (TPSA) is 0 Å². The molecule has 72 heavy (non-hydrogen) atoms. The fourth-order valence-electron chi connectivity index (χ4n) is 8.08. The second kappa shape index (κ2) is 27.3. The van der Waals surface area contributed by atoms with Gasteiger partial charge in [-0.2, -0.15) is 82.0 Å². The predicted octanol–water partition coefficient (Wildman–Crippen LogP) is 12.7. The van der Waals surface area contributed by atoms with Crippen molar-refractivity contribution >= 4 is 6.51 Å². The minimum absolute atomic E-state index is 0. The molecule has 0 bridgehead atoms. The van der Waals surface area contributed by atoms with Crippen molar-refractivity contribution in [1.29, 1.82) is 0 Å². The zero-order valence-corrected chi connectivity index (χ0v) is 58.1. The minimum atomic E-state index is 0. The van der Waals surface area contributed by atoms with Gasteiger partial charge in [0, 0.05) is 0 Å². The van der Waals surface area contributed by atoms with Crippen LogP contribution in [0.15, 0.2) is 96.1 Å². The van der Waals surface area contributed by atoms with Crippen molar-refractivity contribution in [2.75, 3.05) is 0 Å². The molecule has 4 aliphatic rings. The first-order valence-electron chi connectivity index (χ1n) is 25.8. The average Bonchev–Trinajstić information content (AvgIpc) is 4.00. The maximum absolute atomic E-state index is 3.53. The fraction of sp³-hybridized carbons (Fsp3) is 0.500. The van der Waals surface area contributed by atoms with E-state index in [-0.39, 0.29) is 46.5 Å². The first-order valence-corrected chi connectivity index (χ1v) is 29.4. The van der Waals surface area contributed by atoms with Crippen LogP contribution in [0.5, 0.6) is 0 Å². The number of benzene rings is 4. The van der Waals surface area contributed by atoms with Gasteiger partial charge in [0.25, 0.3) is 0 Å². The number of hydrogen-bond acceptors (Lipinski definition) is 0. The Kier molecular flexibility index (Phi) is 25.7. The molecular formula is C68H92Cl2Hf2-2. The summed E-state index contributed by atoms with van der Waals surface area (Å²) in [5.74, 6) is 1.04. The molecule has 0 amide bonds. The molecule has 2 unspecified atom stereocenters. The van der Waals surface area contributed by atoms with Gasteiger partial charge in [-0.1, -0.05) is 231 Å². The molecular weight excluding hydrogens is 1240 g/mol. The monoisotopic (exact) mass is 1340 g/mol. The Bertz CT molecular complexity index is 2270. The first kappa shape index (κ1) is 67.9. The summed E-state index contributed by atoms with van der Waals surface area (Å²) in [6.07, 6.45) is 17.4. The van der Waals surface area contributed by atoms with Crippen LogP contribution in [0.2, 0.25) is 0 Å². The van der Waals surface area contributed by atoms with Crippen LogP contribution in [-0.4, -0.2) is 6.51 Å². The molecule has 0 N–H and O–H groups in total. The standard InChI is InChI=1S/2C21H25.2C10H15.2C3H6.2ClH.2Hf/c2*1-20(2,3)16-9-7-14-11-15-8-10-17(21(4,5)6)13-19(15)18(14)12-16;2*1-8-5-6-9(7-8)10(2,3)4;2*1-3-2;;;;/h2*7,9-10,12-13H,11H2,1-6H3;2*6-8H,1-4H3;2*1-2H3;2*1H;;/q4*-1;;;;;2*+2/p-2. The normalized spacial score (nSPS) is 15.9. The van der Waals surface area contributed by atoms with E-state index in [4.69, 9.17) is 0 Å². The summed E-state index contributed by atoms with van der Waals surface area (Å²) in [4.78, 5) is 0. The maximum atomic E-state index is 3.53. The Hall–Kier alpha value is -2.10. The van der Waals surface area contributed by atoms with E-state index in [1.807, 2.05) is 0 Å². The molecule has 0 saturated heterocycles. The van der Waals surface area contributed by atoms with Gasteiger partial charge >= 0.3 is 82.0 Å². The van der Waals surface area contributed by atoms with Gasteiger partial charge < -0.3 is 24.8 Å². The van der Waals surface area contributed by atoms with E-state index < -0.39 is 0 Å². The fourth-order valence-corrected chi connectivity index (χ4v) is 8.08. The van der Waals surface area contributed by atoms with Gasteiger partial charge in [0.2, 0.25) is 0 Å². The van der Waals surface area contributed by atoms with E-state index in [1.165, 1.54) is 126 Å². The molecule has 0 nitrogen and oxygen atoms in total. The van der Waals surface area contributed by atoms with Gasteiger partial charge in [0.05, 0.1) is 0 Å². The zero-order chi connectivity index (χ0) is 53.5. The number of allylic oxidation sites excluding steroid dienone is 8. The molecule has 8 rings (SSSR count). The third kappa shape index (κ3) is 21.1. The van der Waals surface area contributed by atoms with Crippen LogP contribution in [0, 0.1) is 47.0 Å². The van der Waals surface area contributed by atoms with Gasteiger partial charge in [-0.25, -0.2) is 12.2 Å². The summed E-state index contributed by atoms with van der Waals surface area (Å²) < 4.78 is 3.11. The van der Waals surface area contributed by atoms with Crippen LogP contribution in [0.4, 0.5) is 0 Å². The Morgan fingerprint density at radius 2 is 0.681 bits per heavy atom. The molecule has 4 aliphatic carbocycles. The number of hydrogen-bond donors (Lipinski definition) is 0. The Balaban J connectivity index is 0.000000473. The quantitative estimate of drug-likeness (QED) is 0.105. The Morgan fingerprint density at radius 3 is 0.889 bits per heavy atom. The minimum Gasteiger partial charge on any atom is -1.00 e. The van der Waals surface area contributed by atoms with Crippen LogP contribution in [0.3, 0.4) is 0 Å². The summed E-state index contributed by atoms with van der Waals surface area (Å²) in [7, 11) is 0. The predicted molar refractivity (Wildman–Crippen MR) is 304 cm³/mol. The summed E-state index contributed by atoms with van der Waals surface area (Å²) in [5, 5.41) is 0. The molecule has 0 aliphatic heterocycles. The van der Waals surface area contributed by atoms with Crippen molar-refractivity contribution in [1.82, 2.24) is 0 Å². The summed E-state index contributed by atoms with van der Waals surface area (Å²) in [5.41, 5.74) is 21.0. The van der Waals surface area contributed by atoms with Crippen molar-refractivity contribution in [2.24, 2.45) is 22.7 Å². The molecule has 0 saturated carbocycles. The Morgan fingerprint density at radius 1 is 0.417 bits per heavy atom. The molecule has 4 aromatic rings. The zero-order valence-electron chi connectivity index (χ0n) is 49.4. The number of rotatable bonds is 0. The van der Waals surface area contributed by atoms with Gasteiger partial charge in [-0.3, -0.25) is 12.2 Å². The van der Waals surface area contributed by atoms with Crippen molar-refractivity contribution < 1.29 is 72.6 Å². The van der Waals surface area contributed by atoms with E-state index in [1.54, 1.807) is 6.51 Å². The second-order valence-electron chi connectivity index (χ2n) is 26.6. The molecule has 2 atom stereocenters. The maximum Gasteiger partial charge on any atom is -1.00 e. The summed E-state index contributed by atoms with van der Waals surface area (Å²) in [6, 6.07) is 30.1. The van der Waals surface area contributed by atoms with E-state index in [0.717, 1.165) is 12.8 Å². The van der Waals surface area contributed by atoms with Crippen LogP contribution in [0.25, 0.3) is 22.3 Å². The van der Waals surface area contributed by atoms with Gasteiger partial charge in [0.15, 0.2) is 0 Å². The van der Waals surface area contributed by atoms with Gasteiger partial charge in [-0.05, 0) is 34.8 Å². The molecule has 0 aromatic heterocycles. The van der Waals surface area contributed by atoms with Crippen LogP contribution < -0.4 is 24.8 Å². The van der Waals surface area contributed by atoms with Crippen LogP contribution in [-0.2, 0) is 82.3 Å². The van der Waals surface area contributed by atoms with Crippen molar-refractivity contribution in [3.8, 4) is 22.3 Å². The van der Waals surface area contributed by atoms with Gasteiger partial charge in [0.1, 0.15) is 0 Å². The largest absolute Gasteiger partial charge is 1.00 e. The molecule has 0 spiro atoms. The smallest absolute Gasteiger partial charge is 1.00 e. The summed E-state index contributed by atoms with van der Waals surface area (Å²) >= 11 is 2.53. The van der Waals surface area contributed by atoms with Crippen molar-refractivity contribution in [3.63, 3.8) is 0 Å². The van der Waals surface area contributed by atoms with Crippen molar-refractivity contribution in [2.45, 2.75) is 201 Å². The van der Waals surface area contributed by atoms with E-state index in [9.17, 15) is 0 Å². The summed E-state index contributed by atoms with van der Waals surface area (Å²) in [6.45, 7) is 53.6. The van der Waals surface area contributed by atoms with Gasteiger partial charge in [-0.15, -0.1) is 11.1 Å². The number of fused-ring (bicyclic) bond motifs is 6. The van der Waals surface area contributed by atoms with Crippen LogP contribution >= 0.6 is 0 Å². The van der Waals surface area contributed by atoms with E-state index in [0.29, 0.717) is 22.7 Å². The number of halogens is 2. The van der Waals surface area contributed by atoms with Crippen LogP contribution in [0.1, 0.15) is 211 Å². The molecule has 4 heteroatoms. The molecule has 0 radical (unpaired) electrons. The Labute approximate surface area is 485 Å². The first-order chi connectivity index (χ1) is 31.8. The third-order valence-corrected chi connectivity index (χ3v) is 12.6. The second-order valence-corrected chi connectivity index (χ2v) is 33.8. The third-order valence-electron chi connectivity index (χ3n) is 12.6. The molecule has 388 valence electrons. The van der Waals surface area contributed by atoms with E-state index in [2.05, 4.69) is 275 Å². The molecule has 4 aromatic carbocycles. The van der Waals surface area contributed by atoms with Crippen molar-refractivity contribution in [3.05, 3.63) is 165 Å². The average molecular weight is 1340 g/mol. The molecule has 0 heterocycles. The molecule has 0 fully saturated rings. The van der Waals surface area contributed by atoms with E-state index >= 15 is 0 Å². The SMILES string of the molecule is CC(C)(C)c1c[c-]c2c(c1)-c1cc(C(C)(C)C)ccc1C2.CC(C)(C)c1c[c-]c2c(c1)-c1cc(C(C)(C)C)ccc1C2.CC1[C-]=CC(C(C)(C)C)=C1.CC1[C-]=CC(C(C)(C)C)=C1.C[C](C)=[Hf+2].C[C](C)=[Hf+2].[Cl-].[Cl-].